The molecule has 0 radical (unpaired) electrons. The van der Waals surface area contributed by atoms with Crippen molar-refractivity contribution < 1.29 is 32.7 Å². The van der Waals surface area contributed by atoms with Gasteiger partial charge in [0.1, 0.15) is 0 Å². The summed E-state index contributed by atoms with van der Waals surface area (Å²) in [7, 11) is -3.82. The number of carbonyl (C=O) groups is 1. The molecule has 2 aliphatic heterocycles. The second-order valence-electron chi connectivity index (χ2n) is 7.23. The van der Waals surface area contributed by atoms with E-state index in [9.17, 15) is 9.69 Å². The van der Waals surface area contributed by atoms with Crippen LogP contribution in [0.3, 0.4) is 0 Å². The van der Waals surface area contributed by atoms with Crippen LogP contribution in [0.15, 0.2) is 12.7 Å². The number of rotatable bonds is 7. The number of aromatic nitrogens is 4. The van der Waals surface area contributed by atoms with Crippen LogP contribution in [0, 0.1) is 5.92 Å². The fraction of sp³-hybridized carbons (Fsp3) is 0.647. The van der Waals surface area contributed by atoms with Gasteiger partial charge in [-0.05, 0) is 0 Å². The number of nitrogen functional groups attached to an aromatic ring is 1. The topological polar surface area (TPSA) is 153 Å². The minimum absolute atomic E-state index is 0.118. The van der Waals surface area contributed by atoms with Crippen LogP contribution in [0.1, 0.15) is 32.9 Å². The molecular formula is C17H26N5O7P. The van der Waals surface area contributed by atoms with Crippen molar-refractivity contribution in [1.82, 2.24) is 19.5 Å². The Hall–Kier alpha value is -1.95. The predicted octanol–water partition coefficient (Wildman–Crippen LogP) is 1.12. The molecule has 30 heavy (non-hydrogen) atoms. The zero-order valence-electron chi connectivity index (χ0n) is 16.8. The summed E-state index contributed by atoms with van der Waals surface area (Å²) in [6.07, 6.45) is 2.64. The molecule has 4 atom stereocenters. The molecule has 0 aliphatic carbocycles. The summed E-state index contributed by atoms with van der Waals surface area (Å²) in [5.74, 6) is -0.354. The van der Waals surface area contributed by atoms with Gasteiger partial charge in [0.25, 0.3) is 0 Å². The molecule has 2 fully saturated rings. The SMILES string of the molecule is CCOC(=O)C(C)CCO[PH]1(O)OC[C@@H]2O[C@H](n3cnc4c(N)ncnc43)C[C@H]2O1. The average Bonchev–Trinajstić information content (AvgIpc) is 3.32. The van der Waals surface area contributed by atoms with E-state index < -0.39 is 20.5 Å². The molecular weight excluding hydrogens is 417 g/mol. The maximum absolute atomic E-state index is 11.7. The Morgan fingerprint density at radius 2 is 2.27 bits per heavy atom. The van der Waals surface area contributed by atoms with E-state index in [0.717, 1.165) is 0 Å². The van der Waals surface area contributed by atoms with E-state index in [1.54, 1.807) is 24.7 Å². The molecule has 2 saturated heterocycles. The monoisotopic (exact) mass is 443 g/mol. The first-order chi connectivity index (χ1) is 14.4. The van der Waals surface area contributed by atoms with Gasteiger partial charge in [0.2, 0.25) is 0 Å². The summed E-state index contributed by atoms with van der Waals surface area (Å²) in [6.45, 7) is 4.08. The zero-order chi connectivity index (χ0) is 21.3. The number of nitrogens with two attached hydrogens (primary N) is 1. The number of nitrogens with zero attached hydrogens (tertiary/aromatic N) is 4. The summed E-state index contributed by atoms with van der Waals surface area (Å²) >= 11 is 0. The maximum atomic E-state index is 11.7. The van der Waals surface area contributed by atoms with Crippen molar-refractivity contribution in [1.29, 1.82) is 0 Å². The first-order valence-electron chi connectivity index (χ1n) is 9.83. The molecule has 13 heteroatoms. The molecule has 0 saturated carbocycles. The number of anilines is 1. The number of imidazole rings is 1. The van der Waals surface area contributed by atoms with Gasteiger partial charge in [-0.2, -0.15) is 0 Å². The Morgan fingerprint density at radius 1 is 1.43 bits per heavy atom. The van der Waals surface area contributed by atoms with Crippen LogP contribution < -0.4 is 5.73 Å². The Bertz CT molecular complexity index is 914. The predicted molar refractivity (Wildman–Crippen MR) is 106 cm³/mol. The number of hydrogen-bond acceptors (Lipinski definition) is 11. The van der Waals surface area contributed by atoms with Crippen molar-refractivity contribution >= 4 is 31.1 Å². The molecule has 1 unspecified atom stereocenters. The van der Waals surface area contributed by atoms with Crippen LogP contribution in [-0.2, 0) is 27.8 Å². The fourth-order valence-electron chi connectivity index (χ4n) is 3.48. The third-order valence-electron chi connectivity index (χ3n) is 5.13. The van der Waals surface area contributed by atoms with Crippen molar-refractivity contribution in [3.63, 3.8) is 0 Å². The first kappa shape index (κ1) is 21.3. The van der Waals surface area contributed by atoms with Crippen LogP contribution >= 0.6 is 8.17 Å². The minimum atomic E-state index is -3.82. The van der Waals surface area contributed by atoms with Crippen molar-refractivity contribution in [2.24, 2.45) is 5.92 Å². The van der Waals surface area contributed by atoms with E-state index in [-0.39, 0.29) is 31.2 Å². The molecule has 2 aromatic rings. The van der Waals surface area contributed by atoms with Gasteiger partial charge < -0.3 is 0 Å². The summed E-state index contributed by atoms with van der Waals surface area (Å²) in [4.78, 5) is 34.7. The van der Waals surface area contributed by atoms with Gasteiger partial charge in [0, 0.05) is 0 Å². The summed E-state index contributed by atoms with van der Waals surface area (Å²) in [5.41, 5.74) is 6.90. The van der Waals surface area contributed by atoms with Gasteiger partial charge in [-0.3, -0.25) is 0 Å². The van der Waals surface area contributed by atoms with Gasteiger partial charge in [0.05, 0.1) is 0 Å². The normalized spacial score (nSPS) is 27.5. The van der Waals surface area contributed by atoms with E-state index in [1.165, 1.54) is 6.33 Å². The Kier molecular flexibility index (Phi) is 6.14. The molecule has 3 N–H and O–H groups in total. The van der Waals surface area contributed by atoms with E-state index >= 15 is 0 Å². The number of ether oxygens (including phenoxy) is 2. The molecule has 4 rings (SSSR count). The standard InChI is InChI=1S/C17H26N5O7P/c1-3-25-17(23)10(2)4-5-26-30(24)27-7-12-11(29-30)6-13(28-12)22-9-21-14-15(18)19-8-20-16(14)22/h8-13,24,30H,3-7H2,1-2H3,(H2,18,19,20)/t10?,11-,12+,13+/m1/s1. The molecule has 0 amide bonds. The molecule has 2 aliphatic rings. The number of esters is 1. The van der Waals surface area contributed by atoms with E-state index in [2.05, 4.69) is 15.0 Å². The van der Waals surface area contributed by atoms with Crippen LogP contribution in [0.2, 0.25) is 0 Å². The number of hydrogen-bond donors (Lipinski definition) is 2. The third kappa shape index (κ3) is 4.25. The van der Waals surface area contributed by atoms with Gasteiger partial charge in [0.15, 0.2) is 0 Å². The molecule has 166 valence electrons. The van der Waals surface area contributed by atoms with E-state index in [0.29, 0.717) is 36.4 Å². The van der Waals surface area contributed by atoms with E-state index in [1.807, 2.05) is 0 Å². The average molecular weight is 443 g/mol. The van der Waals surface area contributed by atoms with E-state index in [4.69, 9.17) is 28.8 Å². The van der Waals surface area contributed by atoms with Crippen molar-refractivity contribution in [2.45, 2.75) is 45.1 Å². The van der Waals surface area contributed by atoms with Crippen molar-refractivity contribution in [3.05, 3.63) is 12.7 Å². The van der Waals surface area contributed by atoms with Crippen LogP contribution in [0.4, 0.5) is 5.82 Å². The van der Waals surface area contributed by atoms with Gasteiger partial charge in [-0.25, -0.2) is 0 Å². The van der Waals surface area contributed by atoms with Gasteiger partial charge >= 0.3 is 173 Å². The quantitative estimate of drug-likeness (QED) is 0.467. The first-order valence-corrected chi connectivity index (χ1v) is 11.5. The second-order valence-corrected chi connectivity index (χ2v) is 9.09. The molecule has 4 heterocycles. The molecule has 0 bridgehead atoms. The Balaban J connectivity index is 1.35. The van der Waals surface area contributed by atoms with Gasteiger partial charge in [-0.15, -0.1) is 0 Å². The summed E-state index contributed by atoms with van der Waals surface area (Å²) < 4.78 is 29.5. The zero-order valence-corrected chi connectivity index (χ0v) is 17.8. The second kappa shape index (κ2) is 8.66. The molecule has 2 aromatic heterocycles. The fourth-order valence-corrected chi connectivity index (χ4v) is 5.08. The summed E-state index contributed by atoms with van der Waals surface area (Å²) in [5, 5.41) is 0. The Morgan fingerprint density at radius 3 is 3.07 bits per heavy atom. The van der Waals surface area contributed by atoms with Crippen molar-refractivity contribution in [2.75, 3.05) is 25.6 Å². The van der Waals surface area contributed by atoms with Gasteiger partial charge in [-0.1, -0.05) is 0 Å². The molecule has 0 spiro atoms. The Labute approximate surface area is 173 Å². The van der Waals surface area contributed by atoms with Crippen LogP contribution in [0.5, 0.6) is 0 Å². The number of carbonyl (C=O) groups excluding carboxylic acids is 1. The molecule has 0 aromatic carbocycles. The van der Waals surface area contributed by atoms with Crippen LogP contribution in [-0.4, -0.2) is 62.4 Å². The van der Waals surface area contributed by atoms with Crippen molar-refractivity contribution in [3.8, 4) is 0 Å². The molecule has 12 nitrogen and oxygen atoms in total. The third-order valence-corrected chi connectivity index (χ3v) is 6.83. The summed E-state index contributed by atoms with van der Waals surface area (Å²) in [6, 6.07) is 0. The number of fused-ring (bicyclic) bond motifs is 2. The van der Waals surface area contributed by atoms with Crippen LogP contribution in [0.25, 0.3) is 11.2 Å².